The Hall–Kier alpha value is -2.67. The van der Waals surface area contributed by atoms with Crippen molar-refractivity contribution in [3.8, 4) is 11.9 Å². The van der Waals surface area contributed by atoms with Crippen molar-refractivity contribution >= 4 is 5.78 Å². The summed E-state index contributed by atoms with van der Waals surface area (Å²) in [6.45, 7) is 3.52. The molecule has 0 aliphatic heterocycles. The number of nitrogens with zero attached hydrogens (tertiary/aromatic N) is 2. The van der Waals surface area contributed by atoms with Crippen molar-refractivity contribution in [1.29, 1.82) is 5.26 Å². The Balaban J connectivity index is 2.26. The maximum Gasteiger partial charge on any atom is 0.232 e. The van der Waals surface area contributed by atoms with E-state index in [1.807, 2.05) is 36.4 Å². The molecule has 0 aliphatic carbocycles. The molecule has 0 fully saturated rings. The minimum absolute atomic E-state index is 0.110. The van der Waals surface area contributed by atoms with Crippen molar-refractivity contribution in [3.05, 3.63) is 58.8 Å². The molecular formula is C16H14N2O2. The van der Waals surface area contributed by atoms with Crippen molar-refractivity contribution in [3.63, 3.8) is 0 Å². The van der Waals surface area contributed by atoms with Crippen LogP contribution in [0.15, 0.2) is 36.4 Å². The van der Waals surface area contributed by atoms with Gasteiger partial charge in [0, 0.05) is 5.56 Å². The second-order valence-corrected chi connectivity index (χ2v) is 4.42. The van der Waals surface area contributed by atoms with Gasteiger partial charge in [0.25, 0.3) is 0 Å². The van der Waals surface area contributed by atoms with Crippen LogP contribution in [0.3, 0.4) is 0 Å². The standard InChI is InChI=1S/C16H14N2O2/c1-11-15(12(2)19)8-14(9-17)16(18-11)20-10-13-6-4-3-5-7-13/h3-8H,10H2,1-2H3. The van der Waals surface area contributed by atoms with E-state index < -0.39 is 0 Å². The Morgan fingerprint density at radius 1 is 1.35 bits per heavy atom. The highest BCUT2D eigenvalue weighted by molar-refractivity contribution is 5.95. The summed E-state index contributed by atoms with van der Waals surface area (Å²) in [6.07, 6.45) is 0. The molecule has 0 saturated heterocycles. The molecular weight excluding hydrogens is 252 g/mol. The molecule has 0 amide bonds. The highest BCUT2D eigenvalue weighted by atomic mass is 16.5. The number of nitriles is 1. The zero-order chi connectivity index (χ0) is 14.5. The summed E-state index contributed by atoms with van der Waals surface area (Å²) in [5, 5.41) is 9.13. The van der Waals surface area contributed by atoms with E-state index >= 15 is 0 Å². The molecule has 1 aromatic carbocycles. The Bertz CT molecular complexity index is 673. The van der Waals surface area contributed by atoms with Gasteiger partial charge in [-0.1, -0.05) is 30.3 Å². The second-order valence-electron chi connectivity index (χ2n) is 4.42. The van der Waals surface area contributed by atoms with Gasteiger partial charge in [-0.15, -0.1) is 0 Å². The minimum atomic E-state index is -0.110. The number of ketones is 1. The molecule has 0 spiro atoms. The zero-order valence-corrected chi connectivity index (χ0v) is 11.4. The first-order valence-electron chi connectivity index (χ1n) is 6.21. The fraction of sp³-hybridized carbons (Fsp3) is 0.188. The van der Waals surface area contributed by atoms with Crippen LogP contribution in [0.2, 0.25) is 0 Å². The Labute approximate surface area is 117 Å². The van der Waals surface area contributed by atoms with Gasteiger partial charge in [-0.25, -0.2) is 4.98 Å². The van der Waals surface area contributed by atoms with Crippen molar-refractivity contribution in [2.75, 3.05) is 0 Å². The molecule has 0 aliphatic rings. The lowest BCUT2D eigenvalue weighted by molar-refractivity contribution is 0.101. The summed E-state index contributed by atoms with van der Waals surface area (Å²) in [7, 11) is 0. The number of aromatic nitrogens is 1. The van der Waals surface area contributed by atoms with Crippen molar-refractivity contribution in [2.24, 2.45) is 0 Å². The second kappa shape index (κ2) is 5.98. The molecule has 0 N–H and O–H groups in total. The normalized spacial score (nSPS) is 9.85. The van der Waals surface area contributed by atoms with E-state index in [1.54, 1.807) is 6.92 Å². The van der Waals surface area contributed by atoms with Crippen LogP contribution in [0.4, 0.5) is 0 Å². The zero-order valence-electron chi connectivity index (χ0n) is 11.4. The highest BCUT2D eigenvalue weighted by Crippen LogP contribution is 2.20. The molecule has 4 nitrogen and oxygen atoms in total. The van der Waals surface area contributed by atoms with Crippen molar-refractivity contribution < 1.29 is 9.53 Å². The van der Waals surface area contributed by atoms with Crippen LogP contribution in [-0.2, 0) is 6.61 Å². The topological polar surface area (TPSA) is 63.0 Å². The number of carbonyl (C=O) groups excluding carboxylic acids is 1. The largest absolute Gasteiger partial charge is 0.472 e. The van der Waals surface area contributed by atoms with Gasteiger partial charge in [-0.3, -0.25) is 4.79 Å². The molecule has 0 bridgehead atoms. The van der Waals surface area contributed by atoms with Gasteiger partial charge in [0.1, 0.15) is 18.2 Å². The van der Waals surface area contributed by atoms with Gasteiger partial charge < -0.3 is 4.74 Å². The summed E-state index contributed by atoms with van der Waals surface area (Å²) in [6, 6.07) is 13.2. The van der Waals surface area contributed by atoms with Gasteiger partial charge >= 0.3 is 0 Å². The third-order valence-corrected chi connectivity index (χ3v) is 2.90. The molecule has 0 radical (unpaired) electrons. The molecule has 0 atom stereocenters. The molecule has 1 heterocycles. The lowest BCUT2D eigenvalue weighted by Gasteiger charge is -2.09. The monoisotopic (exact) mass is 266 g/mol. The number of pyridine rings is 1. The summed E-state index contributed by atoms with van der Waals surface area (Å²) in [5.74, 6) is 0.153. The van der Waals surface area contributed by atoms with Crippen LogP contribution in [0, 0.1) is 18.3 Å². The van der Waals surface area contributed by atoms with E-state index in [-0.39, 0.29) is 17.2 Å². The number of rotatable bonds is 4. The molecule has 0 saturated carbocycles. The number of Topliss-reactive ketones (excluding diaryl/α,β-unsaturated/α-hetero) is 1. The summed E-state index contributed by atoms with van der Waals surface area (Å²) in [5.41, 5.74) is 2.29. The molecule has 2 aromatic rings. The molecule has 0 unspecified atom stereocenters. The fourth-order valence-electron chi connectivity index (χ4n) is 1.86. The molecule has 4 heteroatoms. The van der Waals surface area contributed by atoms with Gasteiger partial charge in [0.05, 0.1) is 5.69 Å². The van der Waals surface area contributed by atoms with E-state index in [0.717, 1.165) is 5.56 Å². The van der Waals surface area contributed by atoms with E-state index in [1.165, 1.54) is 13.0 Å². The lowest BCUT2D eigenvalue weighted by Crippen LogP contribution is -2.05. The number of hydrogen-bond donors (Lipinski definition) is 0. The number of ether oxygens (including phenoxy) is 1. The maximum absolute atomic E-state index is 11.4. The molecule has 2 rings (SSSR count). The predicted molar refractivity (Wildman–Crippen MR) is 74.5 cm³/mol. The first-order valence-corrected chi connectivity index (χ1v) is 6.21. The van der Waals surface area contributed by atoms with Crippen molar-refractivity contribution in [1.82, 2.24) is 4.98 Å². The minimum Gasteiger partial charge on any atom is -0.472 e. The van der Waals surface area contributed by atoms with E-state index in [9.17, 15) is 4.79 Å². The predicted octanol–water partition coefficient (Wildman–Crippen LogP) is 3.04. The Kier molecular flexibility index (Phi) is 4.11. The summed E-state index contributed by atoms with van der Waals surface area (Å²) >= 11 is 0. The van der Waals surface area contributed by atoms with E-state index in [2.05, 4.69) is 4.98 Å². The average molecular weight is 266 g/mol. The molecule has 1 aromatic heterocycles. The third kappa shape index (κ3) is 3.01. The van der Waals surface area contributed by atoms with E-state index in [4.69, 9.17) is 10.00 Å². The first kappa shape index (κ1) is 13.8. The summed E-state index contributed by atoms with van der Waals surface area (Å²) in [4.78, 5) is 15.6. The Morgan fingerprint density at radius 3 is 2.65 bits per heavy atom. The quantitative estimate of drug-likeness (QED) is 0.798. The van der Waals surface area contributed by atoms with Crippen LogP contribution >= 0.6 is 0 Å². The number of benzene rings is 1. The average Bonchev–Trinajstić information content (AvgIpc) is 2.46. The van der Waals surface area contributed by atoms with Crippen LogP contribution in [0.1, 0.15) is 34.1 Å². The van der Waals surface area contributed by atoms with Crippen LogP contribution in [-0.4, -0.2) is 10.8 Å². The van der Waals surface area contributed by atoms with Crippen LogP contribution in [0.5, 0.6) is 5.88 Å². The number of aryl methyl sites for hydroxylation is 1. The van der Waals surface area contributed by atoms with Gasteiger partial charge in [0.15, 0.2) is 5.78 Å². The highest BCUT2D eigenvalue weighted by Gasteiger charge is 2.13. The first-order chi connectivity index (χ1) is 9.61. The summed E-state index contributed by atoms with van der Waals surface area (Å²) < 4.78 is 5.58. The molecule has 100 valence electrons. The van der Waals surface area contributed by atoms with Crippen molar-refractivity contribution in [2.45, 2.75) is 20.5 Å². The van der Waals surface area contributed by atoms with E-state index in [0.29, 0.717) is 17.9 Å². The van der Waals surface area contributed by atoms with Gasteiger partial charge in [-0.2, -0.15) is 5.26 Å². The molecule has 20 heavy (non-hydrogen) atoms. The third-order valence-electron chi connectivity index (χ3n) is 2.90. The smallest absolute Gasteiger partial charge is 0.232 e. The van der Waals surface area contributed by atoms with Crippen LogP contribution < -0.4 is 4.74 Å². The lowest BCUT2D eigenvalue weighted by atomic mass is 10.1. The van der Waals surface area contributed by atoms with Gasteiger partial charge in [-0.05, 0) is 25.5 Å². The number of carbonyl (C=O) groups is 1. The fourth-order valence-corrected chi connectivity index (χ4v) is 1.86. The Morgan fingerprint density at radius 2 is 2.05 bits per heavy atom. The maximum atomic E-state index is 11.4. The van der Waals surface area contributed by atoms with Crippen LogP contribution in [0.25, 0.3) is 0 Å². The SMILES string of the molecule is CC(=O)c1cc(C#N)c(OCc2ccccc2)nc1C. The number of hydrogen-bond acceptors (Lipinski definition) is 4. The van der Waals surface area contributed by atoms with Gasteiger partial charge in [0.2, 0.25) is 5.88 Å².